The Labute approximate surface area is 303 Å². The molecule has 0 N–H and O–H groups in total. The molecule has 2 aliphatic rings. The highest BCUT2D eigenvalue weighted by molar-refractivity contribution is 6.30. The minimum atomic E-state index is -0.532. The van der Waals surface area contributed by atoms with E-state index in [0.717, 1.165) is 11.1 Å². The second-order valence-electron chi connectivity index (χ2n) is 12.0. The van der Waals surface area contributed by atoms with Crippen molar-refractivity contribution in [2.75, 3.05) is 79.9 Å². The van der Waals surface area contributed by atoms with Crippen LogP contribution in [0, 0.1) is 11.3 Å². The van der Waals surface area contributed by atoms with Gasteiger partial charge in [-0.3, -0.25) is 19.6 Å². The fourth-order valence-corrected chi connectivity index (χ4v) is 6.46. The van der Waals surface area contributed by atoms with E-state index in [1.54, 1.807) is 47.1 Å². The zero-order valence-electron chi connectivity index (χ0n) is 28.6. The summed E-state index contributed by atoms with van der Waals surface area (Å²) in [4.78, 5) is 40.7. The molecule has 0 spiro atoms. The third-order valence-corrected chi connectivity index (χ3v) is 9.34. The molecule has 50 heavy (non-hydrogen) atoms. The lowest BCUT2D eigenvalue weighted by atomic mass is 9.93. The van der Waals surface area contributed by atoms with Crippen LogP contribution in [0.3, 0.4) is 0 Å². The second-order valence-corrected chi connectivity index (χ2v) is 12.9. The second kappa shape index (κ2) is 17.7. The van der Waals surface area contributed by atoms with Crippen LogP contribution >= 0.6 is 23.2 Å². The molecule has 3 aromatic rings. The molecule has 2 aliphatic heterocycles. The van der Waals surface area contributed by atoms with Crippen molar-refractivity contribution >= 4 is 41.0 Å². The Balaban J connectivity index is 1.47. The molecule has 0 saturated carbocycles. The first kappa shape index (κ1) is 37.1. The number of hydrogen-bond acceptors (Lipinski definition) is 8. The van der Waals surface area contributed by atoms with E-state index in [1.165, 1.54) is 0 Å². The molecule has 0 aromatic heterocycles. The normalized spacial score (nSPS) is 17.7. The minimum absolute atomic E-state index is 0.00860. The number of nitriles is 1. The molecule has 264 valence electrons. The lowest BCUT2D eigenvalue weighted by Crippen LogP contribution is -2.55. The Bertz CT molecular complexity index is 1680. The van der Waals surface area contributed by atoms with Gasteiger partial charge in [0.1, 0.15) is 17.6 Å². The van der Waals surface area contributed by atoms with Gasteiger partial charge in [0.15, 0.2) is 0 Å². The van der Waals surface area contributed by atoms with Gasteiger partial charge in [0.25, 0.3) is 0 Å². The summed E-state index contributed by atoms with van der Waals surface area (Å²) in [5.41, 5.74) is 2.77. The molecule has 0 unspecified atom stereocenters. The maximum atomic E-state index is 14.8. The number of hydrogen-bond donors (Lipinski definition) is 0. The summed E-state index contributed by atoms with van der Waals surface area (Å²) >= 11 is 12.6. The first-order chi connectivity index (χ1) is 24.3. The maximum absolute atomic E-state index is 14.8. The Kier molecular flexibility index (Phi) is 13.1. The van der Waals surface area contributed by atoms with E-state index >= 15 is 0 Å². The maximum Gasteiger partial charge on any atom is 0.326 e. The van der Waals surface area contributed by atoms with Crippen molar-refractivity contribution in [1.82, 2.24) is 19.6 Å². The third-order valence-electron chi connectivity index (χ3n) is 8.83. The number of urea groups is 1. The van der Waals surface area contributed by atoms with Crippen LogP contribution < -0.4 is 4.74 Å². The number of methoxy groups -OCH3 is 2. The number of nitrogens with zero attached hydrogens (tertiary/aromatic N) is 6. The van der Waals surface area contributed by atoms with E-state index in [0.29, 0.717) is 91.8 Å². The number of aliphatic imine (C=N–C) groups is 1. The Morgan fingerprint density at radius 3 is 2.06 bits per heavy atom. The zero-order chi connectivity index (χ0) is 35.6. The quantitative estimate of drug-likeness (QED) is 0.224. The van der Waals surface area contributed by atoms with E-state index < -0.39 is 12.1 Å². The summed E-state index contributed by atoms with van der Waals surface area (Å²) in [6, 6.07) is 21.0. The Morgan fingerprint density at radius 2 is 1.50 bits per heavy atom. The van der Waals surface area contributed by atoms with Crippen molar-refractivity contribution in [1.29, 1.82) is 5.26 Å². The Morgan fingerprint density at radius 1 is 0.900 bits per heavy atom. The smallest absolute Gasteiger partial charge is 0.326 e. The van der Waals surface area contributed by atoms with Gasteiger partial charge in [-0.2, -0.15) is 5.26 Å². The molecule has 2 heterocycles. The molecule has 5 rings (SSSR count). The summed E-state index contributed by atoms with van der Waals surface area (Å²) < 4.78 is 16.4. The van der Waals surface area contributed by atoms with Crippen LogP contribution in [0.25, 0.3) is 0 Å². The highest BCUT2D eigenvalue weighted by Gasteiger charge is 2.45. The standard InChI is InChI=1S/C37H42Cl2N6O5/c1-4-50-32-23-26(24-40)5-14-31(32)36-41-34(27-6-10-29(38)11-7-27)35(28-8-12-30(39)13-9-28)45(36)37(47)44-17-15-42(16-18-44)25-33(46)43(19-21-48-2)20-22-49-3/h5-14,23,34-35H,4,15-22,25H2,1-3H3/t34-,35+/m0/s1. The molecule has 0 radical (unpaired) electrons. The predicted molar refractivity (Wildman–Crippen MR) is 193 cm³/mol. The van der Waals surface area contributed by atoms with Gasteiger partial charge in [0.2, 0.25) is 5.91 Å². The van der Waals surface area contributed by atoms with Gasteiger partial charge in [-0.05, 0) is 60.5 Å². The van der Waals surface area contributed by atoms with E-state index in [2.05, 4.69) is 11.0 Å². The topological polar surface area (TPSA) is 111 Å². The van der Waals surface area contributed by atoms with Crippen LogP contribution in [-0.2, 0) is 14.3 Å². The van der Waals surface area contributed by atoms with Crippen LogP contribution in [0.4, 0.5) is 4.79 Å². The zero-order valence-corrected chi connectivity index (χ0v) is 30.1. The molecular formula is C37H42Cl2N6O5. The van der Waals surface area contributed by atoms with Crippen molar-refractivity contribution in [3.63, 3.8) is 0 Å². The van der Waals surface area contributed by atoms with Crippen LogP contribution in [0.15, 0.2) is 71.7 Å². The van der Waals surface area contributed by atoms with Crippen molar-refractivity contribution in [3.05, 3.63) is 99.0 Å². The van der Waals surface area contributed by atoms with Crippen LogP contribution in [0.1, 0.15) is 41.3 Å². The SMILES string of the molecule is CCOc1cc(C#N)ccc1C1=N[C@@H](c2ccc(Cl)cc2)[C@@H](c2ccc(Cl)cc2)N1C(=O)N1CCN(CC(=O)N(CCOC)CCOC)CC1. The van der Waals surface area contributed by atoms with Crippen molar-refractivity contribution < 1.29 is 23.8 Å². The highest BCUT2D eigenvalue weighted by atomic mass is 35.5. The summed E-state index contributed by atoms with van der Waals surface area (Å²) in [6.45, 7) is 6.17. The van der Waals surface area contributed by atoms with Gasteiger partial charge in [-0.25, -0.2) is 4.79 Å². The number of rotatable bonds is 13. The monoisotopic (exact) mass is 720 g/mol. The van der Waals surface area contributed by atoms with Crippen LogP contribution in [-0.4, -0.2) is 117 Å². The molecule has 3 amide bonds. The number of halogens is 2. The summed E-state index contributed by atoms with van der Waals surface area (Å²) in [5.74, 6) is 0.891. The number of ether oxygens (including phenoxy) is 3. The number of carbonyl (C=O) groups is 2. The van der Waals surface area contributed by atoms with Crippen molar-refractivity contribution in [2.45, 2.75) is 19.0 Å². The van der Waals surface area contributed by atoms with Gasteiger partial charge >= 0.3 is 6.03 Å². The van der Waals surface area contributed by atoms with Crippen molar-refractivity contribution in [2.24, 2.45) is 4.99 Å². The summed E-state index contributed by atoms with van der Waals surface area (Å²) in [6.07, 6.45) is 0. The minimum Gasteiger partial charge on any atom is -0.493 e. The van der Waals surface area contributed by atoms with Gasteiger partial charge in [-0.15, -0.1) is 0 Å². The average molecular weight is 722 g/mol. The molecule has 13 heteroatoms. The van der Waals surface area contributed by atoms with Crippen molar-refractivity contribution in [3.8, 4) is 11.8 Å². The fourth-order valence-electron chi connectivity index (χ4n) is 6.21. The number of piperazine rings is 1. The van der Waals surface area contributed by atoms with E-state index in [9.17, 15) is 14.9 Å². The van der Waals surface area contributed by atoms with Crippen LogP contribution in [0.2, 0.25) is 10.0 Å². The number of amides is 3. The van der Waals surface area contributed by atoms with Gasteiger partial charge in [-0.1, -0.05) is 47.5 Å². The fraction of sp³-hybridized carbons (Fsp3) is 0.405. The van der Waals surface area contributed by atoms with Crippen LogP contribution in [0.5, 0.6) is 5.75 Å². The first-order valence-corrected chi connectivity index (χ1v) is 17.4. The lowest BCUT2D eigenvalue weighted by molar-refractivity contribution is -0.134. The number of benzene rings is 3. The largest absolute Gasteiger partial charge is 0.493 e. The Hall–Kier alpha value is -4.18. The van der Waals surface area contributed by atoms with E-state index in [4.69, 9.17) is 42.4 Å². The lowest BCUT2D eigenvalue weighted by Gasteiger charge is -2.39. The molecule has 2 atom stereocenters. The third kappa shape index (κ3) is 8.75. The van der Waals surface area contributed by atoms with Gasteiger partial charge in [0.05, 0.1) is 49.6 Å². The highest BCUT2D eigenvalue weighted by Crippen LogP contribution is 2.45. The average Bonchev–Trinajstić information content (AvgIpc) is 3.52. The molecule has 3 aromatic carbocycles. The predicted octanol–water partition coefficient (Wildman–Crippen LogP) is 5.67. The van der Waals surface area contributed by atoms with Gasteiger partial charge < -0.3 is 24.0 Å². The first-order valence-electron chi connectivity index (χ1n) is 16.6. The molecule has 11 nitrogen and oxygen atoms in total. The summed E-state index contributed by atoms with van der Waals surface area (Å²) in [5, 5.41) is 10.8. The van der Waals surface area contributed by atoms with E-state index in [-0.39, 0.29) is 18.5 Å². The molecule has 1 saturated heterocycles. The molecule has 1 fully saturated rings. The number of carbonyl (C=O) groups excluding carboxylic acids is 2. The molecular weight excluding hydrogens is 679 g/mol. The molecule has 0 bridgehead atoms. The summed E-state index contributed by atoms with van der Waals surface area (Å²) in [7, 11) is 3.22. The number of amidine groups is 1. The van der Waals surface area contributed by atoms with E-state index in [1.807, 2.05) is 55.5 Å². The van der Waals surface area contributed by atoms with Gasteiger partial charge in [0, 0.05) is 63.5 Å². The molecule has 0 aliphatic carbocycles.